The van der Waals surface area contributed by atoms with Gasteiger partial charge >= 0.3 is 0 Å². The van der Waals surface area contributed by atoms with Crippen molar-refractivity contribution in [2.45, 2.75) is 83.5 Å². The zero-order valence-electron chi connectivity index (χ0n) is 29.0. The molecule has 14 heteroatoms. The van der Waals surface area contributed by atoms with E-state index < -0.39 is 33.9 Å². The molecule has 11 nitrogen and oxygen atoms in total. The number of rotatable bonds is 17. The highest BCUT2D eigenvalue weighted by atomic mass is 35.5. The minimum atomic E-state index is -3.80. The number of halogens is 2. The summed E-state index contributed by atoms with van der Waals surface area (Å²) in [5.41, 5.74) is 15.7. The van der Waals surface area contributed by atoms with Gasteiger partial charge in [-0.05, 0) is 84.2 Å². The number of amides is 3. The van der Waals surface area contributed by atoms with Gasteiger partial charge in [-0.3, -0.25) is 14.4 Å². The van der Waals surface area contributed by atoms with Gasteiger partial charge in [-0.2, -0.15) is 0 Å². The second kappa shape index (κ2) is 18.8. The van der Waals surface area contributed by atoms with Crippen LogP contribution in [0.2, 0.25) is 10.0 Å². The standard InChI is InChI=1S/C37H48Cl2N6O5S/c1-24(37(48)45-16-6-9-34(45)36(47)43-22-30-18-32(39)13-11-28(30)20-41)33(25(2)44-51(49,50)23-26-7-4-3-5-8-26)14-15-35(46)42-21-29-17-31(38)12-10-27(29)19-40/h3-5,7-8,10-13,17-18,24-25,33-34,44H,6,9,14-16,19-23,40-41H2,1-2H3,(H,42,46)(H,43,47). The average molecular weight is 760 g/mol. The predicted octanol–water partition coefficient (Wildman–Crippen LogP) is 4.38. The van der Waals surface area contributed by atoms with Gasteiger partial charge in [-0.15, -0.1) is 0 Å². The molecule has 1 aliphatic heterocycles. The van der Waals surface area contributed by atoms with Gasteiger partial charge in [0.2, 0.25) is 27.7 Å². The number of hydrogen-bond acceptors (Lipinski definition) is 7. The molecule has 1 aliphatic rings. The summed E-state index contributed by atoms with van der Waals surface area (Å²) in [5, 5.41) is 6.90. The molecule has 4 rings (SSSR count). The van der Waals surface area contributed by atoms with Crippen LogP contribution in [0.1, 0.15) is 67.3 Å². The Morgan fingerprint density at radius 3 is 2.04 bits per heavy atom. The zero-order valence-corrected chi connectivity index (χ0v) is 31.4. The molecule has 0 spiro atoms. The molecule has 1 heterocycles. The van der Waals surface area contributed by atoms with Crippen LogP contribution in [0, 0.1) is 11.8 Å². The van der Waals surface area contributed by atoms with Crippen LogP contribution in [0.3, 0.4) is 0 Å². The molecule has 1 saturated heterocycles. The highest BCUT2D eigenvalue weighted by molar-refractivity contribution is 7.88. The summed E-state index contributed by atoms with van der Waals surface area (Å²) < 4.78 is 29.3. The molecule has 276 valence electrons. The Hall–Kier alpha value is -3.52. The number of carbonyl (C=O) groups excluding carboxylic acids is 3. The molecule has 7 N–H and O–H groups in total. The van der Waals surface area contributed by atoms with Crippen LogP contribution in [-0.2, 0) is 56.3 Å². The SMILES string of the molecule is CC(NS(=O)(=O)Cc1ccccc1)C(CCC(=O)NCc1cc(Cl)ccc1CN)C(C)C(=O)N1CCCC1C(=O)NCc1cc(Cl)ccc1CN. The van der Waals surface area contributed by atoms with Crippen LogP contribution in [0.25, 0.3) is 0 Å². The molecular weight excluding hydrogens is 711 g/mol. The molecule has 1 fully saturated rings. The van der Waals surface area contributed by atoms with E-state index in [1.165, 1.54) is 0 Å². The molecule has 4 atom stereocenters. The number of nitrogens with one attached hydrogen (secondary N) is 3. The van der Waals surface area contributed by atoms with Crippen LogP contribution < -0.4 is 26.8 Å². The molecule has 0 bridgehead atoms. The molecule has 4 unspecified atom stereocenters. The van der Waals surface area contributed by atoms with E-state index in [9.17, 15) is 22.8 Å². The van der Waals surface area contributed by atoms with Gasteiger partial charge in [0, 0.05) is 61.1 Å². The lowest BCUT2D eigenvalue weighted by Gasteiger charge is -2.33. The second-order valence-electron chi connectivity index (χ2n) is 13.1. The maximum Gasteiger partial charge on any atom is 0.243 e. The van der Waals surface area contributed by atoms with Crippen LogP contribution in [0.15, 0.2) is 66.7 Å². The molecule has 3 aromatic rings. The third-order valence-corrected chi connectivity index (χ3v) is 11.4. The number of sulfonamides is 1. The summed E-state index contributed by atoms with van der Waals surface area (Å²) in [6.45, 7) is 4.83. The first-order valence-electron chi connectivity index (χ1n) is 17.2. The molecule has 0 aromatic heterocycles. The number of nitrogens with two attached hydrogens (primary N) is 2. The second-order valence-corrected chi connectivity index (χ2v) is 15.7. The van der Waals surface area contributed by atoms with E-state index in [0.717, 1.165) is 22.3 Å². The summed E-state index contributed by atoms with van der Waals surface area (Å²) >= 11 is 12.3. The van der Waals surface area contributed by atoms with Crippen molar-refractivity contribution in [3.05, 3.63) is 105 Å². The van der Waals surface area contributed by atoms with Crippen LogP contribution in [-0.4, -0.2) is 49.7 Å². The molecule has 3 aromatic carbocycles. The first-order chi connectivity index (χ1) is 24.3. The monoisotopic (exact) mass is 758 g/mol. The van der Waals surface area contributed by atoms with E-state index in [1.54, 1.807) is 67.3 Å². The topological polar surface area (TPSA) is 177 Å². The van der Waals surface area contributed by atoms with Gasteiger partial charge in [-0.25, -0.2) is 13.1 Å². The third kappa shape index (κ3) is 11.5. The minimum Gasteiger partial charge on any atom is -0.352 e. The largest absolute Gasteiger partial charge is 0.352 e. The van der Waals surface area contributed by atoms with Crippen molar-refractivity contribution < 1.29 is 22.8 Å². The molecule has 3 amide bonds. The molecule has 0 radical (unpaired) electrons. The fourth-order valence-corrected chi connectivity index (χ4v) is 8.53. The number of likely N-dealkylation sites (tertiary alicyclic amines) is 1. The predicted molar refractivity (Wildman–Crippen MR) is 201 cm³/mol. The van der Waals surface area contributed by atoms with E-state index >= 15 is 0 Å². The van der Waals surface area contributed by atoms with E-state index in [1.807, 2.05) is 18.2 Å². The van der Waals surface area contributed by atoms with Gasteiger partial charge < -0.3 is 27.0 Å². The van der Waals surface area contributed by atoms with E-state index in [0.29, 0.717) is 35.0 Å². The van der Waals surface area contributed by atoms with Gasteiger partial charge in [0.05, 0.1) is 5.75 Å². The Morgan fingerprint density at radius 2 is 1.45 bits per heavy atom. The quantitative estimate of drug-likeness (QED) is 0.136. The number of nitrogens with zero attached hydrogens (tertiary/aromatic N) is 1. The van der Waals surface area contributed by atoms with E-state index in [-0.39, 0.29) is 62.5 Å². The van der Waals surface area contributed by atoms with E-state index in [2.05, 4.69) is 15.4 Å². The Bertz CT molecular complexity index is 1780. The summed E-state index contributed by atoms with van der Waals surface area (Å²) in [4.78, 5) is 42.3. The Labute approximate surface area is 310 Å². The van der Waals surface area contributed by atoms with Gasteiger partial charge in [-0.1, -0.05) is 72.6 Å². The minimum absolute atomic E-state index is 0.0403. The Balaban J connectivity index is 1.47. The number of benzene rings is 3. The highest BCUT2D eigenvalue weighted by Crippen LogP contribution is 2.29. The van der Waals surface area contributed by atoms with Crippen molar-refractivity contribution in [3.63, 3.8) is 0 Å². The number of carbonyl (C=O) groups is 3. The number of hydrogen-bond donors (Lipinski definition) is 5. The summed E-state index contributed by atoms with van der Waals surface area (Å²) in [6.07, 6.45) is 1.39. The molecule has 51 heavy (non-hydrogen) atoms. The van der Waals surface area contributed by atoms with Gasteiger partial charge in [0.15, 0.2) is 0 Å². The van der Waals surface area contributed by atoms with Crippen LogP contribution >= 0.6 is 23.2 Å². The normalized spacial score (nSPS) is 16.4. The summed E-state index contributed by atoms with van der Waals surface area (Å²) in [6, 6.07) is 18.1. The van der Waals surface area contributed by atoms with Crippen molar-refractivity contribution in [1.29, 1.82) is 0 Å². The highest BCUT2D eigenvalue weighted by Gasteiger charge is 2.40. The lowest BCUT2D eigenvalue weighted by atomic mass is 9.83. The third-order valence-electron chi connectivity index (χ3n) is 9.49. The fourth-order valence-electron chi connectivity index (χ4n) is 6.68. The maximum atomic E-state index is 14.1. The van der Waals surface area contributed by atoms with Gasteiger partial charge in [0.1, 0.15) is 6.04 Å². The van der Waals surface area contributed by atoms with Crippen molar-refractivity contribution in [1.82, 2.24) is 20.3 Å². The van der Waals surface area contributed by atoms with Gasteiger partial charge in [0.25, 0.3) is 0 Å². The smallest absolute Gasteiger partial charge is 0.243 e. The average Bonchev–Trinajstić information content (AvgIpc) is 3.60. The molecule has 0 saturated carbocycles. The van der Waals surface area contributed by atoms with Crippen LogP contribution in [0.4, 0.5) is 0 Å². The van der Waals surface area contributed by atoms with Crippen molar-refractivity contribution in [3.8, 4) is 0 Å². The van der Waals surface area contributed by atoms with Crippen molar-refractivity contribution in [2.75, 3.05) is 6.54 Å². The Kier molecular flexibility index (Phi) is 14.9. The lowest BCUT2D eigenvalue weighted by molar-refractivity contribution is -0.143. The van der Waals surface area contributed by atoms with E-state index in [4.69, 9.17) is 34.7 Å². The van der Waals surface area contributed by atoms with Crippen molar-refractivity contribution >= 4 is 50.9 Å². The van der Waals surface area contributed by atoms with Crippen LogP contribution in [0.5, 0.6) is 0 Å². The fraction of sp³-hybridized carbons (Fsp3) is 0.432. The first kappa shape index (κ1) is 40.3. The molecule has 0 aliphatic carbocycles. The zero-order chi connectivity index (χ0) is 37.1. The Morgan fingerprint density at radius 1 is 0.863 bits per heavy atom. The molecular formula is C37H48Cl2N6O5S. The maximum absolute atomic E-state index is 14.1. The first-order valence-corrected chi connectivity index (χ1v) is 19.6. The summed E-state index contributed by atoms with van der Waals surface area (Å²) in [5.74, 6) is -2.34. The lowest BCUT2D eigenvalue weighted by Crippen LogP contribution is -2.50. The summed E-state index contributed by atoms with van der Waals surface area (Å²) in [7, 11) is -3.80. The van der Waals surface area contributed by atoms with Crippen molar-refractivity contribution in [2.24, 2.45) is 23.3 Å².